The molecule has 0 heterocycles. The summed E-state index contributed by atoms with van der Waals surface area (Å²) in [6.45, 7) is 3.47. The summed E-state index contributed by atoms with van der Waals surface area (Å²) in [5.41, 5.74) is 1.19. The summed E-state index contributed by atoms with van der Waals surface area (Å²) in [5.74, 6) is -1.75. The van der Waals surface area contributed by atoms with Crippen molar-refractivity contribution in [1.29, 1.82) is 0 Å². The number of rotatable bonds is 9. The van der Waals surface area contributed by atoms with Crippen LogP contribution in [-0.2, 0) is 26.1 Å². The molecule has 9 heteroatoms. The molecule has 0 aliphatic rings. The molecule has 1 atom stereocenters. The number of hydrogen-bond donors (Lipinski definition) is 1. The van der Waals surface area contributed by atoms with Crippen molar-refractivity contribution < 1.29 is 27.1 Å². The van der Waals surface area contributed by atoms with Crippen molar-refractivity contribution in [2.75, 3.05) is 10.8 Å². The van der Waals surface area contributed by atoms with E-state index in [1.165, 1.54) is 59.8 Å². The molecule has 0 spiro atoms. The van der Waals surface area contributed by atoms with Crippen LogP contribution in [0.5, 0.6) is 0 Å². The topological polar surface area (TPSA) is 92.8 Å². The van der Waals surface area contributed by atoms with Crippen LogP contribution in [0.15, 0.2) is 83.8 Å². The van der Waals surface area contributed by atoms with Crippen LogP contribution in [-0.4, -0.2) is 32.9 Å². The Bertz CT molecular complexity index is 1250. The third kappa shape index (κ3) is 5.99. The van der Waals surface area contributed by atoms with Crippen molar-refractivity contribution in [2.45, 2.75) is 31.4 Å². The van der Waals surface area contributed by atoms with Gasteiger partial charge in [0.05, 0.1) is 16.1 Å². The van der Waals surface area contributed by atoms with Gasteiger partial charge < -0.3 is 10.1 Å². The first-order chi connectivity index (χ1) is 16.2. The minimum atomic E-state index is -3.93. The van der Waals surface area contributed by atoms with E-state index in [4.69, 9.17) is 4.74 Å². The van der Waals surface area contributed by atoms with Gasteiger partial charge in [0, 0.05) is 13.1 Å². The van der Waals surface area contributed by atoms with Gasteiger partial charge in [-0.2, -0.15) is 0 Å². The van der Waals surface area contributed by atoms with Gasteiger partial charge in [0.25, 0.3) is 15.9 Å². The molecule has 3 rings (SSSR count). The molecular weight excluding hydrogens is 459 g/mol. The standard InChI is InChI=1S/C25H25FN2O5S/c1-3-28(22-9-5-4-6-10-22)34(31,32)23-11-7-8-20(16-23)25(30)33-18(2)24(29)27-17-19-12-14-21(26)15-13-19/h4-16,18H,3,17H2,1-2H3,(H,27,29). The zero-order chi connectivity index (χ0) is 24.7. The predicted octanol–water partition coefficient (Wildman–Crippen LogP) is 3.90. The second kappa shape index (κ2) is 10.9. The van der Waals surface area contributed by atoms with Gasteiger partial charge in [-0.05, 0) is 61.9 Å². The quantitative estimate of drug-likeness (QED) is 0.465. The summed E-state index contributed by atoms with van der Waals surface area (Å²) in [6.07, 6.45) is -1.12. The van der Waals surface area contributed by atoms with Gasteiger partial charge in [0.2, 0.25) is 0 Å². The minimum Gasteiger partial charge on any atom is -0.449 e. The van der Waals surface area contributed by atoms with E-state index in [2.05, 4.69) is 5.32 Å². The molecule has 3 aromatic carbocycles. The van der Waals surface area contributed by atoms with Crippen LogP contribution in [0, 0.1) is 5.82 Å². The number of ether oxygens (including phenoxy) is 1. The maximum absolute atomic E-state index is 13.2. The van der Waals surface area contributed by atoms with Crippen LogP contribution in [0.2, 0.25) is 0 Å². The highest BCUT2D eigenvalue weighted by molar-refractivity contribution is 7.92. The monoisotopic (exact) mass is 484 g/mol. The van der Waals surface area contributed by atoms with E-state index < -0.39 is 28.0 Å². The summed E-state index contributed by atoms with van der Waals surface area (Å²) in [4.78, 5) is 24.8. The zero-order valence-corrected chi connectivity index (χ0v) is 19.6. The summed E-state index contributed by atoms with van der Waals surface area (Å²) >= 11 is 0. The maximum atomic E-state index is 13.2. The van der Waals surface area contributed by atoms with E-state index in [0.717, 1.165) is 0 Å². The molecule has 0 radical (unpaired) electrons. The van der Waals surface area contributed by atoms with E-state index in [9.17, 15) is 22.4 Å². The number of amides is 1. The first kappa shape index (κ1) is 24.9. The fourth-order valence-corrected chi connectivity index (χ4v) is 4.73. The fourth-order valence-electron chi connectivity index (χ4n) is 3.21. The van der Waals surface area contributed by atoms with E-state index >= 15 is 0 Å². The van der Waals surface area contributed by atoms with Gasteiger partial charge in [-0.1, -0.05) is 36.4 Å². The number of anilines is 1. The Labute approximate surface area is 198 Å². The lowest BCUT2D eigenvalue weighted by Gasteiger charge is -2.23. The number of para-hydroxylation sites is 1. The van der Waals surface area contributed by atoms with Crippen molar-refractivity contribution in [1.82, 2.24) is 5.32 Å². The number of halogens is 1. The smallest absolute Gasteiger partial charge is 0.338 e. The predicted molar refractivity (Wildman–Crippen MR) is 126 cm³/mol. The average molecular weight is 485 g/mol. The second-order valence-corrected chi connectivity index (χ2v) is 9.29. The van der Waals surface area contributed by atoms with Crippen LogP contribution in [0.3, 0.4) is 0 Å². The summed E-state index contributed by atoms with van der Waals surface area (Å²) < 4.78 is 45.8. The highest BCUT2D eigenvalue weighted by Crippen LogP contribution is 2.24. The fraction of sp³-hybridized carbons (Fsp3) is 0.200. The number of nitrogens with one attached hydrogen (secondary N) is 1. The van der Waals surface area contributed by atoms with Crippen molar-refractivity contribution in [3.63, 3.8) is 0 Å². The Morgan fingerprint density at radius 3 is 2.32 bits per heavy atom. The molecule has 1 amide bonds. The Morgan fingerprint density at radius 1 is 1.00 bits per heavy atom. The van der Waals surface area contributed by atoms with Gasteiger partial charge in [0.1, 0.15) is 5.82 Å². The summed E-state index contributed by atoms with van der Waals surface area (Å²) in [5, 5.41) is 2.61. The molecule has 178 valence electrons. The largest absolute Gasteiger partial charge is 0.449 e. The van der Waals surface area contributed by atoms with Crippen LogP contribution < -0.4 is 9.62 Å². The molecule has 0 saturated carbocycles. The highest BCUT2D eigenvalue weighted by Gasteiger charge is 2.25. The zero-order valence-electron chi connectivity index (χ0n) is 18.8. The van der Waals surface area contributed by atoms with Gasteiger partial charge >= 0.3 is 5.97 Å². The molecular formula is C25H25FN2O5S. The molecule has 3 aromatic rings. The average Bonchev–Trinajstić information content (AvgIpc) is 2.84. The van der Waals surface area contributed by atoms with E-state index in [-0.39, 0.29) is 29.4 Å². The van der Waals surface area contributed by atoms with Gasteiger partial charge in [-0.3, -0.25) is 9.10 Å². The summed E-state index contributed by atoms with van der Waals surface area (Å²) in [7, 11) is -3.93. The van der Waals surface area contributed by atoms with E-state index in [1.54, 1.807) is 37.3 Å². The Kier molecular flexibility index (Phi) is 8.01. The number of hydrogen-bond acceptors (Lipinski definition) is 5. The molecule has 1 N–H and O–H groups in total. The number of nitrogens with zero attached hydrogens (tertiary/aromatic N) is 1. The molecule has 0 saturated heterocycles. The molecule has 0 bridgehead atoms. The van der Waals surface area contributed by atoms with Crippen molar-refractivity contribution in [3.8, 4) is 0 Å². The molecule has 0 aliphatic carbocycles. The SMILES string of the molecule is CCN(c1ccccc1)S(=O)(=O)c1cccc(C(=O)OC(C)C(=O)NCc2ccc(F)cc2)c1. The van der Waals surface area contributed by atoms with Crippen molar-refractivity contribution in [2.24, 2.45) is 0 Å². The number of esters is 1. The second-order valence-electron chi connectivity index (χ2n) is 7.42. The first-order valence-corrected chi connectivity index (χ1v) is 12.1. The molecule has 0 aromatic heterocycles. The van der Waals surface area contributed by atoms with Gasteiger partial charge in [-0.25, -0.2) is 17.6 Å². The van der Waals surface area contributed by atoms with Gasteiger partial charge in [0.15, 0.2) is 6.10 Å². The highest BCUT2D eigenvalue weighted by atomic mass is 32.2. The van der Waals surface area contributed by atoms with Crippen LogP contribution >= 0.6 is 0 Å². The maximum Gasteiger partial charge on any atom is 0.338 e. The van der Waals surface area contributed by atoms with Crippen molar-refractivity contribution >= 4 is 27.6 Å². The molecule has 7 nitrogen and oxygen atoms in total. The van der Waals surface area contributed by atoms with E-state index in [1.807, 2.05) is 0 Å². The molecule has 0 aliphatic heterocycles. The normalized spacial score (nSPS) is 12.0. The third-order valence-electron chi connectivity index (χ3n) is 5.02. The lowest BCUT2D eigenvalue weighted by molar-refractivity contribution is -0.129. The van der Waals surface area contributed by atoms with Crippen molar-refractivity contribution in [3.05, 3.63) is 95.8 Å². The van der Waals surface area contributed by atoms with E-state index in [0.29, 0.717) is 11.3 Å². The Hall–Kier alpha value is -3.72. The summed E-state index contributed by atoms with van der Waals surface area (Å²) in [6, 6.07) is 19.8. The number of carbonyl (C=O) groups is 2. The van der Waals surface area contributed by atoms with Crippen LogP contribution in [0.25, 0.3) is 0 Å². The van der Waals surface area contributed by atoms with Gasteiger partial charge in [-0.15, -0.1) is 0 Å². The third-order valence-corrected chi connectivity index (χ3v) is 6.92. The Morgan fingerprint density at radius 2 is 1.68 bits per heavy atom. The molecule has 1 unspecified atom stereocenters. The molecule has 0 fully saturated rings. The lowest BCUT2D eigenvalue weighted by Crippen LogP contribution is -2.35. The number of benzene rings is 3. The lowest BCUT2D eigenvalue weighted by atomic mass is 10.2. The number of sulfonamides is 1. The first-order valence-electron chi connectivity index (χ1n) is 10.6. The minimum absolute atomic E-state index is 0.00312. The Balaban J connectivity index is 1.69. The molecule has 34 heavy (non-hydrogen) atoms. The van der Waals surface area contributed by atoms with Crippen LogP contribution in [0.1, 0.15) is 29.8 Å². The number of carbonyl (C=O) groups excluding carboxylic acids is 2. The van der Waals surface area contributed by atoms with Crippen LogP contribution in [0.4, 0.5) is 10.1 Å².